The van der Waals surface area contributed by atoms with Gasteiger partial charge in [-0.05, 0) is 37.3 Å². The van der Waals surface area contributed by atoms with E-state index in [2.05, 4.69) is 10.1 Å². The molecule has 2 rings (SSSR count). The van der Waals surface area contributed by atoms with Crippen LogP contribution in [-0.4, -0.2) is 25.7 Å². The number of nitrogens with one attached hydrogen (secondary N) is 1. The number of carbonyl (C=O) groups is 1. The average Bonchev–Trinajstić information content (AvgIpc) is 2.54. The number of ether oxygens (including phenoxy) is 3. The first-order valence-electron chi connectivity index (χ1n) is 7.25. The van der Waals surface area contributed by atoms with Crippen LogP contribution in [0.15, 0.2) is 42.5 Å². The smallest absolute Gasteiger partial charge is 0.387 e. The van der Waals surface area contributed by atoms with Gasteiger partial charge in [-0.3, -0.25) is 4.79 Å². The number of carbonyl (C=O) groups excluding carboxylic acids is 1. The number of benzene rings is 2. The number of halogens is 3. The fourth-order valence-corrected chi connectivity index (χ4v) is 2.16. The number of methoxy groups -OCH3 is 1. The van der Waals surface area contributed by atoms with E-state index < -0.39 is 18.6 Å². The number of hydrogen-bond acceptors (Lipinski definition) is 4. The summed E-state index contributed by atoms with van der Waals surface area (Å²) < 4.78 is 39.7. The molecule has 0 unspecified atom stereocenters. The molecule has 0 heterocycles. The largest absolute Gasteiger partial charge is 0.493 e. The van der Waals surface area contributed by atoms with Crippen molar-refractivity contribution in [3.63, 3.8) is 0 Å². The van der Waals surface area contributed by atoms with Gasteiger partial charge < -0.3 is 19.5 Å². The van der Waals surface area contributed by atoms with E-state index in [1.807, 2.05) is 0 Å². The summed E-state index contributed by atoms with van der Waals surface area (Å²) in [6.07, 6.45) is -0.833. The molecule has 0 saturated carbocycles. The van der Waals surface area contributed by atoms with E-state index in [1.54, 1.807) is 31.2 Å². The van der Waals surface area contributed by atoms with Gasteiger partial charge in [0.05, 0.1) is 7.11 Å². The van der Waals surface area contributed by atoms with Crippen molar-refractivity contribution in [1.29, 1.82) is 0 Å². The highest BCUT2D eigenvalue weighted by molar-refractivity contribution is 6.30. The Balaban J connectivity index is 2.06. The lowest BCUT2D eigenvalue weighted by Crippen LogP contribution is -2.30. The zero-order valence-corrected chi connectivity index (χ0v) is 14.2. The van der Waals surface area contributed by atoms with E-state index in [0.717, 1.165) is 0 Å². The summed E-state index contributed by atoms with van der Waals surface area (Å²) in [6, 6.07) is 10.8. The Hall–Kier alpha value is -2.54. The number of amides is 1. The molecule has 8 heteroatoms. The molecule has 0 spiro atoms. The van der Waals surface area contributed by atoms with Crippen LogP contribution in [0.3, 0.4) is 0 Å². The molecule has 5 nitrogen and oxygen atoms in total. The standard InChI is InChI=1S/C17H16ClF2NO4/c1-10(24-13-5-3-4-11(18)8-13)16(22)21-12-6-7-14(23-2)15(9-12)25-17(19)20/h3-10,17H,1-2H3,(H,21,22)/t10-/m1/s1. The summed E-state index contributed by atoms with van der Waals surface area (Å²) in [7, 11) is 1.33. The van der Waals surface area contributed by atoms with Crippen molar-refractivity contribution >= 4 is 23.2 Å². The van der Waals surface area contributed by atoms with Crippen LogP contribution in [0.1, 0.15) is 6.92 Å². The molecule has 0 bridgehead atoms. The SMILES string of the molecule is COc1ccc(NC(=O)[C@@H](C)Oc2cccc(Cl)c2)cc1OC(F)F. The predicted molar refractivity (Wildman–Crippen MR) is 89.8 cm³/mol. The van der Waals surface area contributed by atoms with Gasteiger partial charge in [-0.2, -0.15) is 8.78 Å². The van der Waals surface area contributed by atoms with Crippen LogP contribution in [0.4, 0.5) is 14.5 Å². The Bertz CT molecular complexity index is 742. The number of hydrogen-bond donors (Lipinski definition) is 1. The summed E-state index contributed by atoms with van der Waals surface area (Å²) in [4.78, 5) is 12.2. The Morgan fingerprint density at radius 2 is 1.88 bits per heavy atom. The molecular formula is C17H16ClF2NO4. The lowest BCUT2D eigenvalue weighted by Gasteiger charge is -2.16. The third-order valence-electron chi connectivity index (χ3n) is 3.13. The molecule has 0 aliphatic heterocycles. The van der Waals surface area contributed by atoms with Gasteiger partial charge in [0, 0.05) is 16.8 Å². The molecule has 1 amide bonds. The molecule has 134 valence electrons. The number of anilines is 1. The molecular weight excluding hydrogens is 356 g/mol. The summed E-state index contributed by atoms with van der Waals surface area (Å²) in [6.45, 7) is -1.46. The van der Waals surface area contributed by atoms with Crippen molar-refractivity contribution in [2.45, 2.75) is 19.6 Å². The summed E-state index contributed by atoms with van der Waals surface area (Å²) in [5, 5.41) is 3.04. The lowest BCUT2D eigenvalue weighted by molar-refractivity contribution is -0.122. The number of rotatable bonds is 7. The second-order valence-electron chi connectivity index (χ2n) is 4.95. The van der Waals surface area contributed by atoms with E-state index in [-0.39, 0.29) is 17.2 Å². The van der Waals surface area contributed by atoms with Crippen LogP contribution >= 0.6 is 11.6 Å². The minimum Gasteiger partial charge on any atom is -0.493 e. The fourth-order valence-electron chi connectivity index (χ4n) is 1.98. The van der Waals surface area contributed by atoms with Crippen LogP contribution in [0.5, 0.6) is 17.2 Å². The van der Waals surface area contributed by atoms with Crippen LogP contribution in [0.2, 0.25) is 5.02 Å². The summed E-state index contributed by atoms with van der Waals surface area (Å²) in [5.74, 6) is -0.0834. The Labute approximate surface area is 148 Å². The van der Waals surface area contributed by atoms with Crippen LogP contribution in [0, 0.1) is 0 Å². The van der Waals surface area contributed by atoms with Crippen LogP contribution in [0.25, 0.3) is 0 Å². The topological polar surface area (TPSA) is 56.8 Å². The van der Waals surface area contributed by atoms with E-state index in [1.165, 1.54) is 25.3 Å². The van der Waals surface area contributed by atoms with Crippen LogP contribution in [-0.2, 0) is 4.79 Å². The van der Waals surface area contributed by atoms with Crippen molar-refractivity contribution in [2.24, 2.45) is 0 Å². The second-order valence-corrected chi connectivity index (χ2v) is 5.39. The average molecular weight is 372 g/mol. The molecule has 0 fully saturated rings. The maximum atomic E-state index is 12.4. The molecule has 2 aromatic carbocycles. The third kappa shape index (κ3) is 5.49. The molecule has 0 aromatic heterocycles. The fraction of sp³-hybridized carbons (Fsp3) is 0.235. The van der Waals surface area contributed by atoms with Crippen molar-refractivity contribution in [3.05, 3.63) is 47.5 Å². The van der Waals surface area contributed by atoms with Gasteiger partial charge in [0.2, 0.25) is 0 Å². The summed E-state index contributed by atoms with van der Waals surface area (Å²) >= 11 is 5.86. The highest BCUT2D eigenvalue weighted by atomic mass is 35.5. The minimum absolute atomic E-state index is 0.126. The van der Waals surface area contributed by atoms with Gasteiger partial charge in [0.15, 0.2) is 17.6 Å². The van der Waals surface area contributed by atoms with Crippen molar-refractivity contribution < 1.29 is 27.8 Å². The van der Waals surface area contributed by atoms with Crippen molar-refractivity contribution in [2.75, 3.05) is 12.4 Å². The first kappa shape index (κ1) is 18.8. The van der Waals surface area contributed by atoms with E-state index >= 15 is 0 Å². The van der Waals surface area contributed by atoms with E-state index in [9.17, 15) is 13.6 Å². The first-order valence-corrected chi connectivity index (χ1v) is 7.62. The third-order valence-corrected chi connectivity index (χ3v) is 3.36. The van der Waals surface area contributed by atoms with Gasteiger partial charge in [-0.1, -0.05) is 17.7 Å². The molecule has 0 radical (unpaired) electrons. The molecule has 1 N–H and O–H groups in total. The zero-order chi connectivity index (χ0) is 18.4. The highest BCUT2D eigenvalue weighted by Crippen LogP contribution is 2.31. The number of alkyl halides is 2. The lowest BCUT2D eigenvalue weighted by atomic mass is 10.2. The Morgan fingerprint density at radius 1 is 1.12 bits per heavy atom. The predicted octanol–water partition coefficient (Wildman–Crippen LogP) is 4.36. The van der Waals surface area contributed by atoms with Gasteiger partial charge in [-0.15, -0.1) is 0 Å². The van der Waals surface area contributed by atoms with Crippen molar-refractivity contribution in [3.8, 4) is 17.2 Å². The van der Waals surface area contributed by atoms with Gasteiger partial charge in [0.25, 0.3) is 5.91 Å². The van der Waals surface area contributed by atoms with Gasteiger partial charge >= 0.3 is 6.61 Å². The molecule has 0 aliphatic carbocycles. The first-order chi connectivity index (χ1) is 11.9. The monoisotopic (exact) mass is 371 g/mol. The quantitative estimate of drug-likeness (QED) is 0.785. The maximum Gasteiger partial charge on any atom is 0.387 e. The summed E-state index contributed by atoms with van der Waals surface area (Å²) in [5.41, 5.74) is 0.267. The molecule has 2 aromatic rings. The second kappa shape index (κ2) is 8.53. The van der Waals surface area contributed by atoms with Gasteiger partial charge in [-0.25, -0.2) is 0 Å². The normalized spacial score (nSPS) is 11.8. The van der Waals surface area contributed by atoms with Gasteiger partial charge in [0.1, 0.15) is 5.75 Å². The Kier molecular flexibility index (Phi) is 6.41. The molecule has 0 aliphatic rings. The highest BCUT2D eigenvalue weighted by Gasteiger charge is 2.17. The van der Waals surface area contributed by atoms with Crippen LogP contribution < -0.4 is 19.5 Å². The van der Waals surface area contributed by atoms with E-state index in [4.69, 9.17) is 21.1 Å². The molecule has 0 saturated heterocycles. The molecule has 1 atom stereocenters. The molecule has 25 heavy (non-hydrogen) atoms. The zero-order valence-electron chi connectivity index (χ0n) is 13.5. The maximum absolute atomic E-state index is 12.4. The minimum atomic E-state index is -3.01. The van der Waals surface area contributed by atoms with Crippen molar-refractivity contribution in [1.82, 2.24) is 0 Å². The van der Waals surface area contributed by atoms with E-state index in [0.29, 0.717) is 10.8 Å². The Morgan fingerprint density at radius 3 is 2.52 bits per heavy atom.